The van der Waals surface area contributed by atoms with Crippen LogP contribution in [0.4, 0.5) is 0 Å². The second kappa shape index (κ2) is 8.53. The van der Waals surface area contributed by atoms with Gasteiger partial charge in [-0.1, -0.05) is 29.8 Å². The fourth-order valence-corrected chi connectivity index (χ4v) is 2.46. The molecule has 0 radical (unpaired) electrons. The number of hydrazone groups is 1. The van der Waals surface area contributed by atoms with Crippen LogP contribution in [0.15, 0.2) is 45.9 Å². The molecule has 2 rings (SSSR count). The van der Waals surface area contributed by atoms with Gasteiger partial charge in [0.25, 0.3) is 0 Å². The van der Waals surface area contributed by atoms with Crippen molar-refractivity contribution in [3.8, 4) is 0 Å². The number of aliphatic hydroxyl groups is 1. The first kappa shape index (κ1) is 18.8. The van der Waals surface area contributed by atoms with Crippen LogP contribution in [0.3, 0.4) is 0 Å². The summed E-state index contributed by atoms with van der Waals surface area (Å²) >= 11 is 6.06. The highest BCUT2D eigenvalue weighted by Gasteiger charge is 2.22. The molecule has 0 saturated carbocycles. The number of halogens is 1. The van der Waals surface area contributed by atoms with Crippen molar-refractivity contribution in [2.24, 2.45) is 10.1 Å². The first-order chi connectivity index (χ1) is 11.9. The van der Waals surface area contributed by atoms with E-state index in [1.54, 1.807) is 36.3 Å². The molecule has 0 fully saturated rings. The molecule has 0 unspecified atom stereocenters. The molecule has 1 aliphatic heterocycles. The summed E-state index contributed by atoms with van der Waals surface area (Å²) in [5, 5.41) is 22.0. The lowest BCUT2D eigenvalue weighted by Crippen LogP contribution is -2.45. The maximum Gasteiger partial charge on any atom is 0.228 e. The summed E-state index contributed by atoms with van der Waals surface area (Å²) in [6, 6.07) is 7.20. The Hall–Kier alpha value is -2.54. The molecule has 0 aromatic heterocycles. The molecular weight excluding hydrogens is 342 g/mol. The average Bonchev–Trinajstić information content (AvgIpc) is 2.56. The summed E-state index contributed by atoms with van der Waals surface area (Å²) in [6.07, 6.45) is 1.76. The number of nitrogens with zero attached hydrogens (tertiary/aromatic N) is 3. The Labute approximate surface area is 152 Å². The number of hydrogen-bond acceptors (Lipinski definition) is 6. The smallest absolute Gasteiger partial charge is 0.228 e. The van der Waals surface area contributed by atoms with Crippen molar-refractivity contribution in [1.29, 1.82) is 0 Å². The minimum absolute atomic E-state index is 0.0617. The van der Waals surface area contributed by atoms with E-state index in [2.05, 4.69) is 20.7 Å². The Morgan fingerprint density at radius 2 is 2.24 bits per heavy atom. The van der Waals surface area contributed by atoms with E-state index in [0.717, 1.165) is 5.56 Å². The zero-order valence-corrected chi connectivity index (χ0v) is 15.2. The Kier molecular flexibility index (Phi) is 6.41. The van der Waals surface area contributed by atoms with Crippen LogP contribution in [-0.4, -0.2) is 40.8 Å². The van der Waals surface area contributed by atoms with Crippen LogP contribution in [0.25, 0.3) is 0 Å². The number of aliphatic imine (C=N–C) groups is 1. The van der Waals surface area contributed by atoms with E-state index >= 15 is 0 Å². The summed E-state index contributed by atoms with van der Waals surface area (Å²) in [7, 11) is 0. The standard InChI is InChI=1S/C17H22ClN5O2/c1-4-20-23(11(2)3)17-19-10-14(16(25)22-17)21-15(24)9-12-7-5-6-8-13(12)18/h4-8,11,25H,9-10H2,1-3H3,(H,19,22)(H,21,24)/b20-4-. The molecule has 3 N–H and O–H groups in total. The van der Waals surface area contributed by atoms with Crippen molar-refractivity contribution in [2.75, 3.05) is 6.54 Å². The Bertz CT molecular complexity index is 728. The number of guanidine groups is 1. The van der Waals surface area contributed by atoms with Crippen molar-refractivity contribution in [2.45, 2.75) is 33.2 Å². The van der Waals surface area contributed by atoms with Gasteiger partial charge in [-0.15, -0.1) is 0 Å². The van der Waals surface area contributed by atoms with Crippen LogP contribution in [-0.2, 0) is 11.2 Å². The van der Waals surface area contributed by atoms with Gasteiger partial charge in [0, 0.05) is 11.2 Å². The minimum Gasteiger partial charge on any atom is -0.493 e. The normalized spacial score (nSPS) is 14.5. The van der Waals surface area contributed by atoms with E-state index in [-0.39, 0.29) is 30.8 Å². The summed E-state index contributed by atoms with van der Waals surface area (Å²) in [5.74, 6) is 0.00607. The molecule has 0 saturated heterocycles. The highest BCUT2D eigenvalue weighted by atomic mass is 35.5. The third-order valence-electron chi connectivity index (χ3n) is 3.45. The Balaban J connectivity index is 2.01. The van der Waals surface area contributed by atoms with Gasteiger partial charge in [-0.3, -0.25) is 10.1 Å². The Morgan fingerprint density at radius 3 is 2.84 bits per heavy atom. The van der Waals surface area contributed by atoms with Crippen LogP contribution < -0.4 is 10.6 Å². The highest BCUT2D eigenvalue weighted by Crippen LogP contribution is 2.16. The second-order valence-electron chi connectivity index (χ2n) is 5.72. The van der Waals surface area contributed by atoms with Crippen molar-refractivity contribution in [3.63, 3.8) is 0 Å². The fourth-order valence-electron chi connectivity index (χ4n) is 2.26. The molecule has 0 aliphatic carbocycles. The van der Waals surface area contributed by atoms with Crippen molar-refractivity contribution in [1.82, 2.24) is 15.6 Å². The largest absolute Gasteiger partial charge is 0.493 e. The number of benzene rings is 1. The van der Waals surface area contributed by atoms with E-state index in [9.17, 15) is 9.90 Å². The zero-order chi connectivity index (χ0) is 18.4. The molecule has 0 atom stereocenters. The third-order valence-corrected chi connectivity index (χ3v) is 3.82. The lowest BCUT2D eigenvalue weighted by Gasteiger charge is -2.28. The lowest BCUT2D eigenvalue weighted by atomic mass is 10.1. The highest BCUT2D eigenvalue weighted by molar-refractivity contribution is 6.31. The van der Waals surface area contributed by atoms with Crippen LogP contribution in [0.5, 0.6) is 0 Å². The van der Waals surface area contributed by atoms with Crippen LogP contribution >= 0.6 is 11.6 Å². The van der Waals surface area contributed by atoms with Gasteiger partial charge < -0.3 is 10.4 Å². The average molecular weight is 364 g/mol. The number of rotatable bonds is 5. The number of hydrogen-bond donors (Lipinski definition) is 3. The van der Waals surface area contributed by atoms with E-state index in [1.165, 1.54) is 0 Å². The van der Waals surface area contributed by atoms with Crippen LogP contribution in [0.2, 0.25) is 5.02 Å². The monoisotopic (exact) mass is 363 g/mol. The van der Waals surface area contributed by atoms with Gasteiger partial charge in [-0.2, -0.15) is 5.10 Å². The summed E-state index contributed by atoms with van der Waals surface area (Å²) in [5.41, 5.74) is 1.03. The summed E-state index contributed by atoms with van der Waals surface area (Å²) in [6.45, 7) is 5.86. The fraction of sp³-hybridized carbons (Fsp3) is 0.353. The predicted octanol–water partition coefficient (Wildman–Crippen LogP) is 2.40. The van der Waals surface area contributed by atoms with E-state index in [1.807, 2.05) is 19.9 Å². The first-order valence-corrected chi connectivity index (χ1v) is 8.34. The molecule has 7 nitrogen and oxygen atoms in total. The number of aliphatic hydroxyl groups excluding tert-OH is 1. The van der Waals surface area contributed by atoms with Gasteiger partial charge in [0.2, 0.25) is 17.7 Å². The quantitative estimate of drug-likeness (QED) is 0.553. The molecule has 1 heterocycles. The van der Waals surface area contributed by atoms with Crippen molar-refractivity contribution < 1.29 is 9.90 Å². The topological polar surface area (TPSA) is 89.3 Å². The van der Waals surface area contributed by atoms with Gasteiger partial charge in [0.1, 0.15) is 5.70 Å². The van der Waals surface area contributed by atoms with Crippen LogP contribution in [0.1, 0.15) is 26.3 Å². The lowest BCUT2D eigenvalue weighted by molar-refractivity contribution is -0.119. The molecule has 1 aromatic carbocycles. The van der Waals surface area contributed by atoms with Crippen molar-refractivity contribution >= 4 is 29.7 Å². The first-order valence-electron chi connectivity index (χ1n) is 7.97. The van der Waals surface area contributed by atoms with Gasteiger partial charge in [0.15, 0.2) is 0 Å². The molecule has 8 heteroatoms. The van der Waals surface area contributed by atoms with E-state index in [0.29, 0.717) is 16.7 Å². The van der Waals surface area contributed by atoms with Gasteiger partial charge >= 0.3 is 0 Å². The van der Waals surface area contributed by atoms with Crippen molar-refractivity contribution in [3.05, 3.63) is 46.4 Å². The molecule has 1 amide bonds. The molecule has 134 valence electrons. The zero-order valence-electron chi connectivity index (χ0n) is 14.5. The second-order valence-corrected chi connectivity index (χ2v) is 6.13. The van der Waals surface area contributed by atoms with Gasteiger partial charge in [0.05, 0.1) is 19.0 Å². The number of amides is 1. The van der Waals surface area contributed by atoms with E-state index < -0.39 is 0 Å². The summed E-state index contributed by atoms with van der Waals surface area (Å²) < 4.78 is 0. The third kappa shape index (κ3) is 4.96. The Morgan fingerprint density at radius 1 is 1.52 bits per heavy atom. The number of carbonyl (C=O) groups excluding carboxylic acids is 1. The number of carbonyl (C=O) groups is 1. The van der Waals surface area contributed by atoms with Gasteiger partial charge in [-0.05, 0) is 32.4 Å². The summed E-state index contributed by atoms with van der Waals surface area (Å²) in [4.78, 5) is 16.5. The minimum atomic E-state index is -0.276. The molecule has 0 bridgehead atoms. The maximum absolute atomic E-state index is 12.2. The maximum atomic E-state index is 12.2. The van der Waals surface area contributed by atoms with E-state index in [4.69, 9.17) is 11.6 Å². The predicted molar refractivity (Wildman–Crippen MR) is 99.5 cm³/mol. The molecule has 25 heavy (non-hydrogen) atoms. The molecule has 1 aliphatic rings. The van der Waals surface area contributed by atoms with Gasteiger partial charge in [-0.25, -0.2) is 10.0 Å². The number of nitrogens with one attached hydrogen (secondary N) is 2. The SMILES string of the molecule is C/C=N\N(C1=NCC(NC(=O)Cc2ccccc2Cl)=C(O)N1)C(C)C. The molecule has 1 aromatic rings. The van der Waals surface area contributed by atoms with Crippen LogP contribution in [0, 0.1) is 0 Å². The molecule has 0 spiro atoms. The molecular formula is C17H22ClN5O2.